The predicted octanol–water partition coefficient (Wildman–Crippen LogP) is 11.9. The van der Waals surface area contributed by atoms with Crippen molar-refractivity contribution in [3.05, 3.63) is 160 Å². The van der Waals surface area contributed by atoms with E-state index in [1.807, 2.05) is 0 Å². The van der Waals surface area contributed by atoms with Crippen LogP contribution in [-0.2, 0) is 17.1 Å². The van der Waals surface area contributed by atoms with Crippen LogP contribution in [0.15, 0.2) is 97.1 Å². The summed E-state index contributed by atoms with van der Waals surface area (Å²) in [6.07, 6.45) is 12.4. The van der Waals surface area contributed by atoms with Crippen molar-refractivity contribution in [2.24, 2.45) is 5.92 Å². The minimum absolute atomic E-state index is 0. The molecule has 2 saturated carbocycles. The second-order valence-corrected chi connectivity index (χ2v) is 20.8. The SMILES string of the molecule is Cc1cc(C)cc(P(c2cc(C)cc(C)c2)c2ccccc2C2CCCC2[C@H](C)P(c2cc(C)cc(C)c2)c2cc(C)cc(C)c2)c1.[CH]1[CH]CCC1.[Fe]. The average molecular weight is 779 g/mol. The Morgan fingerprint density at radius 1 is 0.491 bits per heavy atom. The Balaban J connectivity index is 0.000000833. The minimum Gasteiger partial charge on any atom is -0.0619 e. The van der Waals surface area contributed by atoms with Gasteiger partial charge in [-0.1, -0.05) is 161 Å². The Morgan fingerprint density at radius 2 is 0.887 bits per heavy atom. The van der Waals surface area contributed by atoms with E-state index in [4.69, 9.17) is 0 Å². The largest absolute Gasteiger partial charge is 0.0619 e. The van der Waals surface area contributed by atoms with Crippen LogP contribution in [0, 0.1) is 74.1 Å². The second-order valence-electron chi connectivity index (χ2n) is 16.0. The maximum absolute atomic E-state index is 2.60. The van der Waals surface area contributed by atoms with Gasteiger partial charge in [0.15, 0.2) is 0 Å². The zero-order valence-corrected chi connectivity index (χ0v) is 36.5. The zero-order chi connectivity index (χ0) is 36.9. The Bertz CT molecular complexity index is 1800. The van der Waals surface area contributed by atoms with Crippen LogP contribution in [0.3, 0.4) is 0 Å². The minimum atomic E-state index is -0.701. The van der Waals surface area contributed by atoms with Crippen LogP contribution in [0.5, 0.6) is 0 Å². The van der Waals surface area contributed by atoms with Crippen molar-refractivity contribution < 1.29 is 17.1 Å². The van der Waals surface area contributed by atoms with Gasteiger partial charge in [-0.25, -0.2) is 0 Å². The Hall–Kier alpha value is -2.52. The molecule has 0 heterocycles. The average Bonchev–Trinajstić information content (AvgIpc) is 3.80. The second kappa shape index (κ2) is 18.9. The fourth-order valence-electron chi connectivity index (χ4n) is 9.12. The summed E-state index contributed by atoms with van der Waals surface area (Å²) < 4.78 is 0. The summed E-state index contributed by atoms with van der Waals surface area (Å²) in [7, 11) is -1.23. The van der Waals surface area contributed by atoms with Crippen molar-refractivity contribution in [2.75, 3.05) is 0 Å². The van der Waals surface area contributed by atoms with E-state index in [9.17, 15) is 0 Å². The molecule has 0 aromatic heterocycles. The molecule has 5 aromatic carbocycles. The molecule has 53 heavy (non-hydrogen) atoms. The van der Waals surface area contributed by atoms with Crippen molar-refractivity contribution in [1.29, 1.82) is 0 Å². The summed E-state index contributed by atoms with van der Waals surface area (Å²) in [5.74, 6) is 1.20. The van der Waals surface area contributed by atoms with Gasteiger partial charge in [-0.3, -0.25) is 0 Å². The molecule has 0 N–H and O–H groups in total. The number of hydrogen-bond acceptors (Lipinski definition) is 0. The van der Waals surface area contributed by atoms with Crippen molar-refractivity contribution in [2.45, 2.75) is 112 Å². The van der Waals surface area contributed by atoms with Crippen LogP contribution >= 0.6 is 15.8 Å². The molecule has 0 amide bonds. The fraction of sp³-hybridized carbons (Fsp3) is 0.360. The maximum Gasteiger partial charge on any atom is 0 e. The summed E-state index contributed by atoms with van der Waals surface area (Å²) in [6.45, 7) is 20.7. The van der Waals surface area contributed by atoms with E-state index >= 15 is 0 Å². The van der Waals surface area contributed by atoms with Crippen LogP contribution in [0.1, 0.15) is 101 Å². The third-order valence-electron chi connectivity index (χ3n) is 11.0. The van der Waals surface area contributed by atoms with Gasteiger partial charge in [-0.2, -0.15) is 0 Å². The van der Waals surface area contributed by atoms with Crippen LogP contribution in [-0.4, -0.2) is 5.66 Å². The molecule has 278 valence electrons. The molecule has 3 atom stereocenters. The molecule has 0 spiro atoms. The molecule has 2 aliphatic carbocycles. The monoisotopic (exact) mass is 778 g/mol. The molecule has 5 aromatic rings. The first-order valence-electron chi connectivity index (χ1n) is 19.6. The normalized spacial score (nSPS) is 17.4. The van der Waals surface area contributed by atoms with Crippen LogP contribution < -0.4 is 26.5 Å². The molecule has 0 bridgehead atoms. The summed E-state index contributed by atoms with van der Waals surface area (Å²) in [4.78, 5) is 0. The van der Waals surface area contributed by atoms with Gasteiger partial charge in [0.25, 0.3) is 0 Å². The molecule has 0 saturated heterocycles. The number of hydrogen-bond donors (Lipinski definition) is 0. The summed E-state index contributed by atoms with van der Waals surface area (Å²) in [6, 6.07) is 38.7. The van der Waals surface area contributed by atoms with E-state index in [0.717, 1.165) is 0 Å². The van der Waals surface area contributed by atoms with E-state index in [2.05, 4.69) is 172 Å². The molecule has 0 aliphatic heterocycles. The van der Waals surface area contributed by atoms with Gasteiger partial charge < -0.3 is 0 Å². The zero-order valence-electron chi connectivity index (χ0n) is 33.6. The Kier molecular flexibility index (Phi) is 14.8. The maximum atomic E-state index is 2.60. The topological polar surface area (TPSA) is 0 Å². The third kappa shape index (κ3) is 10.4. The van der Waals surface area contributed by atoms with E-state index in [1.54, 1.807) is 21.5 Å². The van der Waals surface area contributed by atoms with Gasteiger partial charge >= 0.3 is 0 Å². The standard InChI is InChI=1S/C45H52P2.C5H8.Fe/c1-29-17-30(2)22-38(21-29)46(39-23-31(3)18-32(4)24-39)37(9)42-14-12-15-43(42)44-13-10-11-16-45(44)47(40-25-33(5)19-34(6)26-40)41-27-35(7)20-36(8)28-41;1-2-4-5-3-1;/h10-11,13,16-28,37,42-43H,12,14-15H2,1-9H3;1-2H,3-5H2;/t37-,42?,43?;;/m0../s1. The van der Waals surface area contributed by atoms with Crippen molar-refractivity contribution >= 4 is 42.4 Å². The van der Waals surface area contributed by atoms with Gasteiger partial charge in [0.05, 0.1) is 0 Å². The van der Waals surface area contributed by atoms with Crippen LogP contribution in [0.25, 0.3) is 0 Å². The molecule has 0 nitrogen and oxygen atoms in total. The van der Waals surface area contributed by atoms with Crippen LogP contribution in [0.4, 0.5) is 0 Å². The first kappa shape index (κ1) is 41.6. The summed E-state index contributed by atoms with van der Waals surface area (Å²) in [5, 5.41) is 7.60. The van der Waals surface area contributed by atoms with Crippen molar-refractivity contribution in [1.82, 2.24) is 0 Å². The Morgan fingerprint density at radius 3 is 1.28 bits per heavy atom. The quantitative estimate of drug-likeness (QED) is 0.109. The van der Waals surface area contributed by atoms with Crippen molar-refractivity contribution in [3.63, 3.8) is 0 Å². The number of aryl methyl sites for hydroxylation is 8. The molecule has 3 heteroatoms. The van der Waals surface area contributed by atoms with Gasteiger partial charge in [-0.05, 0) is 159 Å². The molecular formula is C50H60FeP2. The van der Waals surface area contributed by atoms with Gasteiger partial charge in [-0.15, -0.1) is 0 Å². The third-order valence-corrected chi connectivity index (χ3v) is 16.2. The van der Waals surface area contributed by atoms with Gasteiger partial charge in [0.2, 0.25) is 0 Å². The fourth-order valence-corrected chi connectivity index (χ4v) is 15.4. The van der Waals surface area contributed by atoms with Crippen LogP contribution in [0.2, 0.25) is 0 Å². The molecule has 2 aliphatic rings. The molecular weight excluding hydrogens is 718 g/mol. The molecule has 2 radical (unpaired) electrons. The van der Waals surface area contributed by atoms with Gasteiger partial charge in [0.1, 0.15) is 0 Å². The summed E-state index contributed by atoms with van der Waals surface area (Å²) >= 11 is 0. The first-order chi connectivity index (χ1) is 25.0. The predicted molar refractivity (Wildman–Crippen MR) is 234 cm³/mol. The van der Waals surface area contributed by atoms with Crippen molar-refractivity contribution in [3.8, 4) is 0 Å². The number of rotatable bonds is 8. The van der Waals surface area contributed by atoms with E-state index in [0.29, 0.717) is 17.5 Å². The summed E-state index contributed by atoms with van der Waals surface area (Å²) in [5.41, 5.74) is 13.1. The molecule has 2 unspecified atom stereocenters. The first-order valence-corrected chi connectivity index (χ1v) is 22.4. The molecule has 7 rings (SSSR count). The Labute approximate surface area is 336 Å². The number of benzene rings is 5. The van der Waals surface area contributed by atoms with E-state index in [-0.39, 0.29) is 17.1 Å². The van der Waals surface area contributed by atoms with E-state index < -0.39 is 15.8 Å². The van der Waals surface area contributed by atoms with Gasteiger partial charge in [0, 0.05) is 17.1 Å². The van der Waals surface area contributed by atoms with E-state index in [1.165, 1.54) is 93.6 Å². The molecule has 2 fully saturated rings. The smallest absolute Gasteiger partial charge is 0 e.